The van der Waals surface area contributed by atoms with Crippen molar-refractivity contribution in [1.82, 2.24) is 14.6 Å². The summed E-state index contributed by atoms with van der Waals surface area (Å²) in [5.41, 5.74) is 1.54. The van der Waals surface area contributed by atoms with E-state index in [1.807, 2.05) is 24.3 Å². The van der Waals surface area contributed by atoms with E-state index in [9.17, 15) is 10.1 Å². The number of benzene rings is 1. The molecule has 1 N–H and O–H groups in total. The van der Waals surface area contributed by atoms with Crippen LogP contribution in [0.25, 0.3) is 5.65 Å². The van der Waals surface area contributed by atoms with Crippen LogP contribution >= 0.6 is 11.6 Å². The monoisotopic (exact) mass is 358 g/mol. The summed E-state index contributed by atoms with van der Waals surface area (Å²) < 4.78 is 1.24. The number of hydrogen-bond donors (Lipinski definition) is 1. The van der Waals surface area contributed by atoms with Gasteiger partial charge in [-0.3, -0.25) is 0 Å². The third-order valence-electron chi connectivity index (χ3n) is 4.24. The Kier molecular flexibility index (Phi) is 3.89. The van der Waals surface area contributed by atoms with E-state index < -0.39 is 4.92 Å². The summed E-state index contributed by atoms with van der Waals surface area (Å²) in [6.07, 6.45) is 2.15. The number of fused-ring (bicyclic) bond motifs is 1. The van der Waals surface area contributed by atoms with E-state index in [1.165, 1.54) is 10.7 Å². The van der Waals surface area contributed by atoms with Crippen molar-refractivity contribution in [3.8, 4) is 0 Å². The number of nitrogens with one attached hydrogen (secondary N) is 1. The molecule has 1 unspecified atom stereocenters. The summed E-state index contributed by atoms with van der Waals surface area (Å²) in [5, 5.41) is 19.4. The van der Waals surface area contributed by atoms with Crippen LogP contribution in [-0.2, 0) is 0 Å². The van der Waals surface area contributed by atoms with E-state index in [1.54, 1.807) is 12.1 Å². The van der Waals surface area contributed by atoms with Crippen LogP contribution in [0.5, 0.6) is 0 Å². The van der Waals surface area contributed by atoms with Crippen molar-refractivity contribution in [2.24, 2.45) is 0 Å². The summed E-state index contributed by atoms with van der Waals surface area (Å²) in [5.74, 6) is 0.442. The third-order valence-corrected chi connectivity index (χ3v) is 4.48. The number of nitro groups is 1. The predicted octanol–water partition coefficient (Wildman–Crippen LogP) is 2.98. The molecule has 1 saturated heterocycles. The number of imidazole rings is 1. The minimum atomic E-state index is -0.493. The van der Waals surface area contributed by atoms with Crippen molar-refractivity contribution in [2.75, 3.05) is 23.3 Å². The molecule has 0 saturated carbocycles. The average Bonchev–Trinajstić information content (AvgIpc) is 3.21. The maximum Gasteiger partial charge on any atom is 0.368 e. The van der Waals surface area contributed by atoms with Gasteiger partial charge in [0.15, 0.2) is 5.82 Å². The van der Waals surface area contributed by atoms with Gasteiger partial charge in [-0.1, -0.05) is 27.3 Å². The third kappa shape index (κ3) is 3.08. The van der Waals surface area contributed by atoms with Crippen LogP contribution in [-0.4, -0.2) is 38.7 Å². The zero-order valence-corrected chi connectivity index (χ0v) is 13.9. The highest BCUT2D eigenvalue weighted by molar-refractivity contribution is 6.30. The smallest absolute Gasteiger partial charge is 0.368 e. The van der Waals surface area contributed by atoms with E-state index in [2.05, 4.69) is 20.3 Å². The zero-order valence-electron chi connectivity index (χ0n) is 13.2. The first-order valence-electron chi connectivity index (χ1n) is 7.86. The molecule has 9 heteroatoms. The van der Waals surface area contributed by atoms with Crippen LogP contribution in [0.2, 0.25) is 5.02 Å². The molecule has 1 fully saturated rings. The van der Waals surface area contributed by atoms with Crippen LogP contribution in [0.1, 0.15) is 6.42 Å². The summed E-state index contributed by atoms with van der Waals surface area (Å²) in [7, 11) is 0. The minimum absolute atomic E-state index is 0.148. The highest BCUT2D eigenvalue weighted by Crippen LogP contribution is 2.25. The molecular formula is C16H15ClN6O2. The topological polar surface area (TPSA) is 88.6 Å². The molecular weight excluding hydrogens is 344 g/mol. The van der Waals surface area contributed by atoms with Gasteiger partial charge in [0.25, 0.3) is 0 Å². The van der Waals surface area contributed by atoms with E-state index >= 15 is 0 Å². The first kappa shape index (κ1) is 15.6. The van der Waals surface area contributed by atoms with Gasteiger partial charge in [-0.25, -0.2) is 4.98 Å². The largest absolute Gasteiger partial charge is 0.369 e. The fraction of sp³-hybridized carbons (Fsp3) is 0.250. The molecule has 4 rings (SSSR count). The molecule has 1 aliphatic rings. The van der Waals surface area contributed by atoms with E-state index in [-0.39, 0.29) is 11.9 Å². The Labute approximate surface area is 148 Å². The molecule has 3 heterocycles. The van der Waals surface area contributed by atoms with Crippen molar-refractivity contribution in [1.29, 1.82) is 0 Å². The van der Waals surface area contributed by atoms with Crippen molar-refractivity contribution < 1.29 is 4.92 Å². The summed E-state index contributed by atoms with van der Waals surface area (Å²) >= 11 is 6.06. The van der Waals surface area contributed by atoms with Gasteiger partial charge in [0.05, 0.1) is 0 Å². The average molecular weight is 359 g/mol. The molecule has 0 radical (unpaired) electrons. The van der Waals surface area contributed by atoms with Gasteiger partial charge in [0, 0.05) is 35.9 Å². The molecule has 1 aromatic carbocycles. The van der Waals surface area contributed by atoms with Crippen molar-refractivity contribution >= 4 is 34.6 Å². The Bertz CT molecular complexity index is 943. The molecule has 0 aliphatic carbocycles. The SMILES string of the molecule is O=[N+]([O-])c1cnc2ccc(NC3CCN(c4cccc(Cl)c4)C3)nn12. The molecule has 3 aromatic rings. The van der Waals surface area contributed by atoms with Gasteiger partial charge < -0.3 is 20.3 Å². The van der Waals surface area contributed by atoms with Crippen LogP contribution in [0.4, 0.5) is 17.3 Å². The Morgan fingerprint density at radius 1 is 1.32 bits per heavy atom. The lowest BCUT2D eigenvalue weighted by Crippen LogP contribution is -2.26. The van der Waals surface area contributed by atoms with Crippen LogP contribution in [0.15, 0.2) is 42.6 Å². The summed E-state index contributed by atoms with van der Waals surface area (Å²) in [6.45, 7) is 1.72. The molecule has 1 atom stereocenters. The molecule has 8 nitrogen and oxygen atoms in total. The first-order valence-corrected chi connectivity index (χ1v) is 8.24. The number of rotatable bonds is 4. The van der Waals surface area contributed by atoms with Crippen molar-refractivity contribution in [3.05, 3.63) is 57.7 Å². The molecule has 0 spiro atoms. The maximum absolute atomic E-state index is 11.0. The van der Waals surface area contributed by atoms with E-state index in [0.29, 0.717) is 16.5 Å². The second-order valence-corrected chi connectivity index (χ2v) is 6.35. The molecule has 2 aromatic heterocycles. The van der Waals surface area contributed by atoms with Crippen molar-refractivity contribution in [2.45, 2.75) is 12.5 Å². The highest BCUT2D eigenvalue weighted by Gasteiger charge is 2.24. The highest BCUT2D eigenvalue weighted by atomic mass is 35.5. The number of anilines is 2. The van der Waals surface area contributed by atoms with Gasteiger partial charge in [0.2, 0.25) is 5.65 Å². The standard InChI is InChI=1S/C16H15ClN6O2/c17-11-2-1-3-13(8-11)21-7-6-12(10-21)19-14-4-5-15-18-9-16(23(24)25)22(15)20-14/h1-5,8-9,12H,6-7,10H2,(H,19,20). The van der Waals surface area contributed by atoms with E-state index in [0.717, 1.165) is 25.2 Å². The zero-order chi connectivity index (χ0) is 17.4. The quantitative estimate of drug-likeness (QED) is 0.569. The van der Waals surface area contributed by atoms with Gasteiger partial charge in [-0.2, -0.15) is 0 Å². The fourth-order valence-corrected chi connectivity index (χ4v) is 3.24. The van der Waals surface area contributed by atoms with Gasteiger partial charge in [-0.15, -0.1) is 0 Å². The Morgan fingerprint density at radius 2 is 2.20 bits per heavy atom. The lowest BCUT2D eigenvalue weighted by atomic mass is 10.2. The number of hydrogen-bond acceptors (Lipinski definition) is 6. The van der Waals surface area contributed by atoms with Crippen LogP contribution < -0.4 is 10.2 Å². The molecule has 1 aliphatic heterocycles. The Morgan fingerprint density at radius 3 is 3.00 bits per heavy atom. The minimum Gasteiger partial charge on any atom is -0.369 e. The molecule has 25 heavy (non-hydrogen) atoms. The van der Waals surface area contributed by atoms with Gasteiger partial charge >= 0.3 is 5.82 Å². The van der Waals surface area contributed by atoms with Gasteiger partial charge in [-0.05, 0) is 35.6 Å². The molecule has 0 amide bonds. The van der Waals surface area contributed by atoms with Crippen LogP contribution in [0.3, 0.4) is 0 Å². The van der Waals surface area contributed by atoms with E-state index in [4.69, 9.17) is 11.6 Å². The fourth-order valence-electron chi connectivity index (χ4n) is 3.06. The predicted molar refractivity (Wildman–Crippen MR) is 95.3 cm³/mol. The maximum atomic E-state index is 11.0. The lowest BCUT2D eigenvalue weighted by molar-refractivity contribution is -0.391. The van der Waals surface area contributed by atoms with Gasteiger partial charge in [0.1, 0.15) is 6.20 Å². The molecule has 128 valence electrons. The Balaban J connectivity index is 1.50. The second kappa shape index (κ2) is 6.21. The van der Waals surface area contributed by atoms with Crippen molar-refractivity contribution in [3.63, 3.8) is 0 Å². The lowest BCUT2D eigenvalue weighted by Gasteiger charge is -2.19. The summed E-state index contributed by atoms with van der Waals surface area (Å²) in [6, 6.07) is 11.5. The van der Waals surface area contributed by atoms with Crippen LogP contribution in [0, 0.1) is 10.1 Å². The second-order valence-electron chi connectivity index (χ2n) is 5.92. The number of halogens is 1. The molecule has 0 bridgehead atoms. The number of aromatic nitrogens is 3. The summed E-state index contributed by atoms with van der Waals surface area (Å²) in [4.78, 5) is 16.8. The Hall–Kier alpha value is -2.87. The first-order chi connectivity index (χ1) is 12.1. The normalized spacial score (nSPS) is 17.2. The number of nitrogens with zero attached hydrogens (tertiary/aromatic N) is 5.